The maximum Gasteiger partial charge on any atom is 0.110 e. The number of aromatic nitrogens is 2. The summed E-state index contributed by atoms with van der Waals surface area (Å²) in [6.07, 6.45) is 4.50. The van der Waals surface area contributed by atoms with E-state index in [0.29, 0.717) is 0 Å². The standard InChI is InChI=1S/C10H10N2.CH2S2/c1-2-4-9(5-3-1)8-10-11-6-7-12-10;2-1-3/h1-7H,8H2,(H,11,12);1H,(H,2,3). The van der Waals surface area contributed by atoms with Gasteiger partial charge in [-0.15, -0.1) is 12.6 Å². The summed E-state index contributed by atoms with van der Waals surface area (Å²) < 4.78 is 1.28. The molecule has 1 heterocycles. The molecule has 0 unspecified atom stereocenters. The Morgan fingerprint density at radius 2 is 2.00 bits per heavy atom. The molecule has 0 atom stereocenters. The molecule has 4 heteroatoms. The van der Waals surface area contributed by atoms with E-state index in [1.165, 1.54) is 10.3 Å². The predicted octanol–water partition coefficient (Wildman–Crippen LogP) is 2.87. The van der Waals surface area contributed by atoms with Crippen molar-refractivity contribution in [1.82, 2.24) is 9.97 Å². The quantitative estimate of drug-likeness (QED) is 0.620. The van der Waals surface area contributed by atoms with Crippen molar-refractivity contribution < 1.29 is 0 Å². The number of benzene rings is 1. The number of rotatable bonds is 2. The second-order valence-electron chi connectivity index (χ2n) is 2.80. The average molecular weight is 236 g/mol. The Labute approximate surface area is 100 Å². The van der Waals surface area contributed by atoms with E-state index in [9.17, 15) is 0 Å². The third-order valence-corrected chi connectivity index (χ3v) is 1.77. The number of aromatic amines is 1. The molecular weight excluding hydrogens is 224 g/mol. The summed E-state index contributed by atoms with van der Waals surface area (Å²) >= 11 is 7.61. The summed E-state index contributed by atoms with van der Waals surface area (Å²) in [6, 6.07) is 10.3. The van der Waals surface area contributed by atoms with Crippen molar-refractivity contribution in [2.24, 2.45) is 0 Å². The van der Waals surface area contributed by atoms with Crippen LogP contribution in [0.5, 0.6) is 0 Å². The fraction of sp³-hybridized carbons (Fsp3) is 0.0909. The number of hydrogen-bond acceptors (Lipinski definition) is 2. The van der Waals surface area contributed by atoms with Gasteiger partial charge in [0.2, 0.25) is 0 Å². The Morgan fingerprint density at radius 3 is 2.53 bits per heavy atom. The maximum atomic E-state index is 4.16. The van der Waals surface area contributed by atoms with Crippen molar-refractivity contribution in [3.63, 3.8) is 0 Å². The monoisotopic (exact) mass is 236 g/mol. The first-order chi connectivity index (χ1) is 7.36. The smallest absolute Gasteiger partial charge is 0.110 e. The largest absolute Gasteiger partial charge is 0.348 e. The number of thiol groups is 1. The lowest BCUT2D eigenvalue weighted by atomic mass is 10.1. The molecule has 78 valence electrons. The highest BCUT2D eigenvalue weighted by Gasteiger charge is 1.95. The summed E-state index contributed by atoms with van der Waals surface area (Å²) in [6.45, 7) is 0. The summed E-state index contributed by atoms with van der Waals surface area (Å²) in [5, 5.41) is 0. The molecule has 1 N–H and O–H groups in total. The number of hydrogen-bond donors (Lipinski definition) is 2. The van der Waals surface area contributed by atoms with Crippen LogP contribution >= 0.6 is 24.8 Å². The fourth-order valence-corrected chi connectivity index (χ4v) is 1.18. The fourth-order valence-electron chi connectivity index (χ4n) is 1.18. The van der Waals surface area contributed by atoms with Crippen molar-refractivity contribution in [3.8, 4) is 0 Å². The van der Waals surface area contributed by atoms with Crippen LogP contribution in [0.25, 0.3) is 0 Å². The van der Waals surface area contributed by atoms with Gasteiger partial charge in [0.05, 0.1) is 0 Å². The van der Waals surface area contributed by atoms with Crippen molar-refractivity contribution in [2.75, 3.05) is 0 Å². The Kier molecular flexibility index (Phi) is 5.73. The normalized spacial score (nSPS) is 8.87. The van der Waals surface area contributed by atoms with E-state index < -0.39 is 0 Å². The Balaban J connectivity index is 0.000000337. The lowest BCUT2D eigenvalue weighted by Gasteiger charge is -1.95. The highest BCUT2D eigenvalue weighted by atomic mass is 32.1. The molecule has 0 aliphatic carbocycles. The molecule has 0 radical (unpaired) electrons. The molecular formula is C11H12N2S2. The van der Waals surface area contributed by atoms with E-state index in [1.807, 2.05) is 24.4 Å². The topological polar surface area (TPSA) is 28.7 Å². The number of nitrogens with one attached hydrogen (secondary N) is 1. The Bertz CT molecular complexity index is 371. The van der Waals surface area contributed by atoms with E-state index >= 15 is 0 Å². The summed E-state index contributed by atoms with van der Waals surface area (Å²) in [4.78, 5) is 7.23. The minimum Gasteiger partial charge on any atom is -0.348 e. The highest BCUT2D eigenvalue weighted by Crippen LogP contribution is 2.03. The van der Waals surface area contributed by atoms with E-state index in [0.717, 1.165) is 12.2 Å². The van der Waals surface area contributed by atoms with Crippen molar-refractivity contribution in [2.45, 2.75) is 6.42 Å². The van der Waals surface area contributed by atoms with Crippen molar-refractivity contribution >= 4 is 29.5 Å². The van der Waals surface area contributed by atoms with Crippen LogP contribution < -0.4 is 0 Å². The van der Waals surface area contributed by atoms with E-state index in [-0.39, 0.29) is 0 Å². The molecule has 0 bridgehead atoms. The number of thiocarbonyl (C=S) groups is 1. The molecule has 0 aliphatic heterocycles. The van der Waals surface area contributed by atoms with Crippen LogP contribution in [-0.2, 0) is 6.42 Å². The molecule has 0 aliphatic rings. The van der Waals surface area contributed by atoms with Gasteiger partial charge in [-0.1, -0.05) is 42.5 Å². The number of nitrogens with zero attached hydrogens (tertiary/aromatic N) is 1. The van der Waals surface area contributed by atoms with Crippen molar-refractivity contribution in [3.05, 3.63) is 54.1 Å². The maximum absolute atomic E-state index is 4.16. The molecule has 1 aromatic heterocycles. The van der Waals surface area contributed by atoms with E-state index in [2.05, 4.69) is 46.9 Å². The minimum atomic E-state index is 0.883. The Morgan fingerprint density at radius 1 is 1.33 bits per heavy atom. The van der Waals surface area contributed by atoms with E-state index in [4.69, 9.17) is 0 Å². The average Bonchev–Trinajstić information content (AvgIpc) is 2.73. The van der Waals surface area contributed by atoms with Crippen molar-refractivity contribution in [1.29, 1.82) is 0 Å². The molecule has 2 rings (SSSR count). The van der Waals surface area contributed by atoms with Gasteiger partial charge in [-0.05, 0) is 5.56 Å². The van der Waals surface area contributed by atoms with Crippen LogP contribution in [0.4, 0.5) is 0 Å². The van der Waals surface area contributed by atoms with Crippen LogP contribution in [0.2, 0.25) is 0 Å². The van der Waals surface area contributed by atoms with Gasteiger partial charge in [-0.3, -0.25) is 0 Å². The molecule has 15 heavy (non-hydrogen) atoms. The molecule has 0 fully saturated rings. The van der Waals surface area contributed by atoms with Gasteiger partial charge in [0.15, 0.2) is 0 Å². The summed E-state index contributed by atoms with van der Waals surface area (Å²) in [5.41, 5.74) is 1.28. The van der Waals surface area contributed by atoms with Crippen LogP contribution in [0, 0.1) is 0 Å². The first-order valence-corrected chi connectivity index (χ1v) is 5.45. The minimum absolute atomic E-state index is 0.883. The van der Waals surface area contributed by atoms with Gasteiger partial charge in [0.1, 0.15) is 5.82 Å². The molecule has 0 saturated heterocycles. The molecule has 0 amide bonds. The van der Waals surface area contributed by atoms with Gasteiger partial charge in [-0.25, -0.2) is 4.98 Å². The third kappa shape index (κ3) is 4.76. The second kappa shape index (κ2) is 7.20. The zero-order valence-corrected chi connectivity index (χ0v) is 9.84. The predicted molar refractivity (Wildman–Crippen MR) is 70.5 cm³/mol. The van der Waals surface area contributed by atoms with Gasteiger partial charge in [-0.2, -0.15) is 0 Å². The van der Waals surface area contributed by atoms with Crippen LogP contribution in [0.3, 0.4) is 0 Å². The number of H-pyrrole nitrogens is 1. The van der Waals surface area contributed by atoms with Crippen LogP contribution in [0.1, 0.15) is 11.4 Å². The van der Waals surface area contributed by atoms with Gasteiger partial charge in [0.25, 0.3) is 0 Å². The molecule has 2 nitrogen and oxygen atoms in total. The van der Waals surface area contributed by atoms with Gasteiger partial charge in [0, 0.05) is 23.5 Å². The molecule has 1 aromatic carbocycles. The number of imidazole rings is 1. The molecule has 2 aromatic rings. The third-order valence-electron chi connectivity index (χ3n) is 1.77. The molecule has 0 spiro atoms. The second-order valence-corrected chi connectivity index (χ2v) is 3.65. The van der Waals surface area contributed by atoms with Crippen LogP contribution in [-0.4, -0.2) is 14.7 Å². The van der Waals surface area contributed by atoms with Crippen LogP contribution in [0.15, 0.2) is 42.7 Å². The zero-order valence-electron chi connectivity index (χ0n) is 8.13. The lowest BCUT2D eigenvalue weighted by Crippen LogP contribution is -1.89. The van der Waals surface area contributed by atoms with Gasteiger partial charge < -0.3 is 4.98 Å². The molecule has 0 saturated carbocycles. The van der Waals surface area contributed by atoms with Gasteiger partial charge >= 0.3 is 0 Å². The summed E-state index contributed by atoms with van der Waals surface area (Å²) in [7, 11) is 0. The first kappa shape index (κ1) is 11.9. The first-order valence-electron chi connectivity index (χ1n) is 4.47. The SMILES string of the molecule is S=CS.c1ccc(Cc2ncc[nH]2)cc1. The van der Waals surface area contributed by atoms with E-state index in [1.54, 1.807) is 6.20 Å². The zero-order chi connectivity index (χ0) is 10.9. The lowest BCUT2D eigenvalue weighted by molar-refractivity contribution is 1.03. The summed E-state index contributed by atoms with van der Waals surface area (Å²) in [5.74, 6) is 1.02. The Hall–Kier alpha value is -1.13. The highest BCUT2D eigenvalue weighted by molar-refractivity contribution is 8.08.